The minimum Gasteiger partial charge on any atom is -0.493 e. The van der Waals surface area contributed by atoms with Gasteiger partial charge in [-0.15, -0.1) is 0 Å². The van der Waals surface area contributed by atoms with Gasteiger partial charge >= 0.3 is 5.97 Å². The lowest BCUT2D eigenvalue weighted by molar-refractivity contribution is -0.164. The van der Waals surface area contributed by atoms with E-state index in [0.717, 1.165) is 42.1 Å². The molecule has 0 aromatic heterocycles. The molecule has 0 spiro atoms. The molecule has 0 bridgehead atoms. The van der Waals surface area contributed by atoms with Crippen LogP contribution in [0.1, 0.15) is 56.2 Å². The topological polar surface area (TPSA) is 75.7 Å². The number of nitrogens with zero attached hydrogens (tertiary/aromatic N) is 1. The van der Waals surface area contributed by atoms with Crippen LogP contribution in [0.4, 0.5) is 0 Å². The van der Waals surface area contributed by atoms with Crippen molar-refractivity contribution in [2.24, 2.45) is 5.92 Å². The molecule has 39 heavy (non-hydrogen) atoms. The van der Waals surface area contributed by atoms with Gasteiger partial charge < -0.3 is 33.3 Å². The molecule has 0 saturated carbocycles. The van der Waals surface area contributed by atoms with Crippen molar-refractivity contribution in [2.45, 2.75) is 58.0 Å². The fourth-order valence-corrected chi connectivity index (χ4v) is 6.09. The van der Waals surface area contributed by atoms with Crippen molar-refractivity contribution in [3.05, 3.63) is 41.0 Å². The molecule has 2 aromatic carbocycles. The number of ether oxygens (including phenoxy) is 6. The van der Waals surface area contributed by atoms with Crippen LogP contribution in [0.25, 0.3) is 0 Å². The van der Waals surface area contributed by atoms with Crippen molar-refractivity contribution in [2.75, 3.05) is 55.7 Å². The molecule has 2 aromatic rings. The minimum atomic E-state index is -0.644. The average molecular weight is 544 g/mol. The fourth-order valence-electron chi connectivity index (χ4n) is 6.09. The van der Waals surface area contributed by atoms with Crippen LogP contribution in [-0.2, 0) is 22.4 Å². The Morgan fingerprint density at radius 1 is 0.923 bits per heavy atom. The van der Waals surface area contributed by atoms with Crippen LogP contribution in [0, 0.1) is 5.92 Å². The SMILES string of the molecule is COc1ccc(CCN(C)CC[C@@]2(OC(C)=O)CCc3c(cc(OC)c(OC)c3OC)[C@@H]2C(C)C)cc1OC. The van der Waals surface area contributed by atoms with E-state index in [2.05, 4.69) is 31.9 Å². The summed E-state index contributed by atoms with van der Waals surface area (Å²) in [6.45, 7) is 7.51. The summed E-state index contributed by atoms with van der Waals surface area (Å²) in [6.07, 6.45) is 3.00. The molecule has 3 rings (SSSR count). The summed E-state index contributed by atoms with van der Waals surface area (Å²) in [6, 6.07) is 8.07. The number of rotatable bonds is 13. The second kappa shape index (κ2) is 13.3. The number of likely N-dealkylation sites (N-methyl/N-ethyl adjacent to an activating group) is 1. The van der Waals surface area contributed by atoms with Crippen molar-refractivity contribution < 1.29 is 33.2 Å². The Balaban J connectivity index is 1.87. The van der Waals surface area contributed by atoms with E-state index in [1.165, 1.54) is 12.5 Å². The third-order valence-corrected chi connectivity index (χ3v) is 7.83. The summed E-state index contributed by atoms with van der Waals surface area (Å²) in [5, 5.41) is 0. The van der Waals surface area contributed by atoms with Crippen LogP contribution in [0.15, 0.2) is 24.3 Å². The number of carbonyl (C=O) groups excluding carboxylic acids is 1. The van der Waals surface area contributed by atoms with Gasteiger partial charge in [0.15, 0.2) is 23.0 Å². The first kappa shape index (κ1) is 30.4. The van der Waals surface area contributed by atoms with Gasteiger partial charge in [0.25, 0.3) is 0 Å². The molecular weight excluding hydrogens is 498 g/mol. The number of methoxy groups -OCH3 is 5. The molecule has 8 nitrogen and oxygen atoms in total. The minimum absolute atomic E-state index is 0.0295. The summed E-state index contributed by atoms with van der Waals surface area (Å²) in [7, 11) is 10.3. The third-order valence-electron chi connectivity index (χ3n) is 7.83. The highest BCUT2D eigenvalue weighted by Gasteiger charge is 2.48. The lowest BCUT2D eigenvalue weighted by Crippen LogP contribution is -2.48. The predicted molar refractivity (Wildman–Crippen MR) is 152 cm³/mol. The zero-order valence-corrected chi connectivity index (χ0v) is 25.0. The molecule has 8 heteroatoms. The van der Waals surface area contributed by atoms with Gasteiger partial charge in [-0.1, -0.05) is 19.9 Å². The summed E-state index contributed by atoms with van der Waals surface area (Å²) in [4.78, 5) is 14.8. The number of carbonyl (C=O) groups is 1. The molecule has 0 unspecified atom stereocenters. The van der Waals surface area contributed by atoms with Crippen molar-refractivity contribution in [1.29, 1.82) is 0 Å². The van der Waals surface area contributed by atoms with Gasteiger partial charge in [-0.2, -0.15) is 0 Å². The van der Waals surface area contributed by atoms with Crippen LogP contribution in [0.3, 0.4) is 0 Å². The number of esters is 1. The fraction of sp³-hybridized carbons (Fsp3) is 0.581. The first-order chi connectivity index (χ1) is 18.6. The van der Waals surface area contributed by atoms with Gasteiger partial charge in [0.05, 0.1) is 35.5 Å². The van der Waals surface area contributed by atoms with Crippen molar-refractivity contribution >= 4 is 5.97 Å². The van der Waals surface area contributed by atoms with E-state index >= 15 is 0 Å². The van der Waals surface area contributed by atoms with Crippen molar-refractivity contribution in [3.63, 3.8) is 0 Å². The Hall–Kier alpha value is -3.13. The van der Waals surface area contributed by atoms with Gasteiger partial charge in [0, 0.05) is 37.9 Å². The van der Waals surface area contributed by atoms with E-state index in [4.69, 9.17) is 28.4 Å². The van der Waals surface area contributed by atoms with Gasteiger partial charge in [-0.05, 0) is 61.6 Å². The third kappa shape index (κ3) is 6.55. The molecular formula is C31H45NO7. The van der Waals surface area contributed by atoms with E-state index < -0.39 is 5.60 Å². The van der Waals surface area contributed by atoms with Crippen LogP contribution in [0.2, 0.25) is 0 Å². The predicted octanol–water partition coefficient (Wildman–Crippen LogP) is 5.28. The molecule has 0 amide bonds. The standard InChI is InChI=1S/C31H45NO7/c1-20(2)28-24-19-27(36-7)30(38-9)29(37-8)23(24)12-14-31(28,39-21(3)33)15-17-32(4)16-13-22-10-11-25(34-5)26(18-22)35-6/h10-11,18-20,28H,12-17H2,1-9H3/t28-,31-/m0/s1. The first-order valence-corrected chi connectivity index (χ1v) is 13.5. The molecule has 0 aliphatic heterocycles. The molecule has 0 saturated heterocycles. The quantitative estimate of drug-likeness (QED) is 0.316. The van der Waals surface area contributed by atoms with Crippen molar-refractivity contribution in [3.8, 4) is 28.7 Å². The molecule has 0 fully saturated rings. The molecule has 0 heterocycles. The summed E-state index contributed by atoms with van der Waals surface area (Å²) in [5.41, 5.74) is 2.72. The first-order valence-electron chi connectivity index (χ1n) is 13.5. The van der Waals surface area contributed by atoms with E-state index in [9.17, 15) is 4.79 Å². The zero-order chi connectivity index (χ0) is 28.7. The lowest BCUT2D eigenvalue weighted by atomic mass is 9.65. The monoisotopic (exact) mass is 543 g/mol. The molecule has 0 radical (unpaired) electrons. The average Bonchev–Trinajstić information content (AvgIpc) is 2.92. The number of hydrogen-bond donors (Lipinski definition) is 0. The highest BCUT2D eigenvalue weighted by atomic mass is 16.6. The van der Waals surface area contributed by atoms with Gasteiger partial charge in [-0.3, -0.25) is 4.79 Å². The van der Waals surface area contributed by atoms with Crippen molar-refractivity contribution in [1.82, 2.24) is 4.90 Å². The van der Waals surface area contributed by atoms with Crippen LogP contribution < -0.4 is 23.7 Å². The maximum absolute atomic E-state index is 12.5. The zero-order valence-electron chi connectivity index (χ0n) is 25.0. The largest absolute Gasteiger partial charge is 0.493 e. The summed E-state index contributed by atoms with van der Waals surface area (Å²) < 4.78 is 34.3. The number of benzene rings is 2. The van der Waals surface area contributed by atoms with E-state index in [1.807, 2.05) is 18.2 Å². The molecule has 1 aliphatic rings. The Labute approximate surface area is 233 Å². The number of hydrogen-bond acceptors (Lipinski definition) is 8. The van der Waals surface area contributed by atoms with E-state index in [0.29, 0.717) is 36.5 Å². The molecule has 0 N–H and O–H groups in total. The maximum atomic E-state index is 12.5. The summed E-state index contributed by atoms with van der Waals surface area (Å²) in [5.74, 6) is 3.28. The number of fused-ring (bicyclic) bond motifs is 1. The molecule has 216 valence electrons. The normalized spacial score (nSPS) is 18.5. The van der Waals surface area contributed by atoms with E-state index in [1.54, 1.807) is 35.5 Å². The highest BCUT2D eigenvalue weighted by Crippen LogP contribution is 2.54. The smallest absolute Gasteiger partial charge is 0.303 e. The van der Waals surface area contributed by atoms with E-state index in [-0.39, 0.29) is 17.8 Å². The van der Waals surface area contributed by atoms with Gasteiger partial charge in [0.2, 0.25) is 5.75 Å². The Morgan fingerprint density at radius 2 is 1.59 bits per heavy atom. The Morgan fingerprint density at radius 3 is 2.15 bits per heavy atom. The molecule has 2 atom stereocenters. The van der Waals surface area contributed by atoms with Crippen LogP contribution >= 0.6 is 0 Å². The second-order valence-corrected chi connectivity index (χ2v) is 10.6. The van der Waals surface area contributed by atoms with Crippen LogP contribution in [0.5, 0.6) is 28.7 Å². The Kier molecular flexibility index (Phi) is 10.4. The van der Waals surface area contributed by atoms with Gasteiger partial charge in [-0.25, -0.2) is 0 Å². The molecule has 1 aliphatic carbocycles. The van der Waals surface area contributed by atoms with Gasteiger partial charge in [0.1, 0.15) is 5.60 Å². The van der Waals surface area contributed by atoms with Crippen LogP contribution in [-0.4, -0.2) is 72.2 Å². The summed E-state index contributed by atoms with van der Waals surface area (Å²) >= 11 is 0. The second-order valence-electron chi connectivity index (χ2n) is 10.6. The Bertz CT molecular complexity index is 1130. The maximum Gasteiger partial charge on any atom is 0.303 e. The highest BCUT2D eigenvalue weighted by molar-refractivity contribution is 5.67. The lowest BCUT2D eigenvalue weighted by Gasteiger charge is -2.47.